The molecule has 0 radical (unpaired) electrons. The molecule has 2 fully saturated rings. The minimum Gasteiger partial charge on any atom is -0.382 e. The maximum absolute atomic E-state index is 5.88. The lowest BCUT2D eigenvalue weighted by Gasteiger charge is -2.30. The van der Waals surface area contributed by atoms with E-state index < -0.39 is 0 Å². The molecule has 0 aromatic rings. The third-order valence-corrected chi connectivity index (χ3v) is 3.05. The summed E-state index contributed by atoms with van der Waals surface area (Å²) in [5, 5.41) is 3.40. The molecule has 4 heteroatoms. The highest BCUT2D eigenvalue weighted by Gasteiger charge is 2.59. The van der Waals surface area contributed by atoms with Gasteiger partial charge in [0.1, 0.15) is 11.7 Å². The first kappa shape index (κ1) is 9.40. The van der Waals surface area contributed by atoms with Crippen molar-refractivity contribution < 1.29 is 14.2 Å². The third kappa shape index (κ3) is 1.21. The van der Waals surface area contributed by atoms with Crippen molar-refractivity contribution in [2.45, 2.75) is 30.8 Å². The quantitative estimate of drug-likeness (QED) is 0.663. The molecule has 76 valence electrons. The Balaban J connectivity index is 2.17. The minimum absolute atomic E-state index is 0.127. The standard InChI is InChI=1S/C9H17NO3/c1-6-7-8(12-3)9(13-6,4-10-7)5-11-2/h6-8,10H,4-5H2,1-3H3/t6-,7?,8+,9+/m0/s1. The molecule has 4 nitrogen and oxygen atoms in total. The molecule has 0 aliphatic carbocycles. The van der Waals surface area contributed by atoms with E-state index in [0.717, 1.165) is 6.54 Å². The summed E-state index contributed by atoms with van der Waals surface area (Å²) in [5.41, 5.74) is -0.256. The fourth-order valence-corrected chi connectivity index (χ4v) is 2.56. The van der Waals surface area contributed by atoms with E-state index in [1.54, 1.807) is 14.2 Å². The van der Waals surface area contributed by atoms with Crippen molar-refractivity contribution in [3.05, 3.63) is 0 Å². The topological polar surface area (TPSA) is 39.7 Å². The summed E-state index contributed by atoms with van der Waals surface area (Å²) in [6.45, 7) is 3.49. The highest BCUT2D eigenvalue weighted by atomic mass is 16.6. The highest BCUT2D eigenvalue weighted by Crippen LogP contribution is 2.37. The smallest absolute Gasteiger partial charge is 0.132 e. The molecule has 2 rings (SSSR count). The lowest BCUT2D eigenvalue weighted by atomic mass is 9.99. The number of ether oxygens (including phenoxy) is 3. The molecule has 0 saturated carbocycles. The van der Waals surface area contributed by atoms with Gasteiger partial charge in [0.25, 0.3) is 0 Å². The van der Waals surface area contributed by atoms with Crippen LogP contribution < -0.4 is 5.32 Å². The van der Waals surface area contributed by atoms with Crippen LogP contribution in [-0.4, -0.2) is 51.2 Å². The van der Waals surface area contributed by atoms with E-state index >= 15 is 0 Å². The Morgan fingerprint density at radius 1 is 1.54 bits per heavy atom. The van der Waals surface area contributed by atoms with Gasteiger partial charge in [0.15, 0.2) is 0 Å². The first-order chi connectivity index (χ1) is 6.23. The number of morpholine rings is 1. The maximum atomic E-state index is 5.88. The van der Waals surface area contributed by atoms with Gasteiger partial charge in [-0.25, -0.2) is 0 Å². The van der Waals surface area contributed by atoms with Crippen molar-refractivity contribution in [2.75, 3.05) is 27.4 Å². The zero-order chi connectivity index (χ0) is 9.47. The second-order valence-corrected chi connectivity index (χ2v) is 3.88. The molecule has 0 aromatic heterocycles. The lowest BCUT2D eigenvalue weighted by molar-refractivity contribution is -0.118. The fraction of sp³-hybridized carbons (Fsp3) is 1.00. The van der Waals surface area contributed by atoms with Gasteiger partial charge in [-0.05, 0) is 6.92 Å². The van der Waals surface area contributed by atoms with E-state index in [1.165, 1.54) is 0 Å². The van der Waals surface area contributed by atoms with E-state index in [9.17, 15) is 0 Å². The van der Waals surface area contributed by atoms with Crippen molar-refractivity contribution in [1.29, 1.82) is 0 Å². The zero-order valence-electron chi connectivity index (χ0n) is 8.37. The molecule has 13 heavy (non-hydrogen) atoms. The summed E-state index contributed by atoms with van der Waals surface area (Å²) in [4.78, 5) is 0. The fourth-order valence-electron chi connectivity index (χ4n) is 2.56. The average Bonchev–Trinajstić information content (AvgIpc) is 2.55. The molecule has 0 aromatic carbocycles. The summed E-state index contributed by atoms with van der Waals surface area (Å²) < 4.78 is 16.5. The van der Waals surface area contributed by atoms with Crippen LogP contribution >= 0.6 is 0 Å². The number of methoxy groups -OCH3 is 2. The van der Waals surface area contributed by atoms with Gasteiger partial charge < -0.3 is 19.5 Å². The summed E-state index contributed by atoms with van der Waals surface area (Å²) in [5.74, 6) is 0. The molecule has 1 N–H and O–H groups in total. The largest absolute Gasteiger partial charge is 0.382 e. The van der Waals surface area contributed by atoms with Crippen molar-refractivity contribution in [1.82, 2.24) is 5.32 Å². The van der Waals surface area contributed by atoms with Crippen molar-refractivity contribution in [3.8, 4) is 0 Å². The molecule has 0 amide bonds. The first-order valence-electron chi connectivity index (χ1n) is 4.66. The van der Waals surface area contributed by atoms with Crippen molar-refractivity contribution >= 4 is 0 Å². The van der Waals surface area contributed by atoms with Crippen LogP contribution in [0.3, 0.4) is 0 Å². The summed E-state index contributed by atoms with van der Waals surface area (Å²) in [6.07, 6.45) is 0.344. The number of hydrogen-bond donors (Lipinski definition) is 1. The van der Waals surface area contributed by atoms with Crippen molar-refractivity contribution in [2.24, 2.45) is 0 Å². The van der Waals surface area contributed by atoms with Crippen LogP contribution in [0.4, 0.5) is 0 Å². The van der Waals surface area contributed by atoms with Crippen molar-refractivity contribution in [3.63, 3.8) is 0 Å². The van der Waals surface area contributed by atoms with Crippen LogP contribution in [0.5, 0.6) is 0 Å². The highest BCUT2D eigenvalue weighted by molar-refractivity contribution is 5.12. The number of fused-ring (bicyclic) bond motifs is 2. The van der Waals surface area contributed by atoms with Crippen LogP contribution in [0.25, 0.3) is 0 Å². The van der Waals surface area contributed by atoms with Gasteiger partial charge in [-0.2, -0.15) is 0 Å². The second kappa shape index (κ2) is 3.20. The minimum atomic E-state index is -0.256. The maximum Gasteiger partial charge on any atom is 0.132 e. The third-order valence-electron chi connectivity index (χ3n) is 3.05. The van der Waals surface area contributed by atoms with Gasteiger partial charge in [-0.1, -0.05) is 0 Å². The molecule has 2 aliphatic rings. The monoisotopic (exact) mass is 187 g/mol. The van der Waals surface area contributed by atoms with Crippen LogP contribution in [0.1, 0.15) is 6.92 Å². The molecular formula is C9H17NO3. The molecule has 4 atom stereocenters. The normalized spacial score (nSPS) is 48.7. The second-order valence-electron chi connectivity index (χ2n) is 3.88. The van der Waals surface area contributed by atoms with E-state index in [-0.39, 0.29) is 17.8 Å². The predicted octanol–water partition coefficient (Wildman–Crippen LogP) is -0.223. The number of hydrogen-bond acceptors (Lipinski definition) is 4. The molecule has 2 heterocycles. The molecule has 0 spiro atoms. The lowest BCUT2D eigenvalue weighted by Crippen LogP contribution is -2.47. The Kier molecular flexibility index (Phi) is 2.32. The Labute approximate surface area is 78.5 Å². The Morgan fingerprint density at radius 3 is 2.85 bits per heavy atom. The number of rotatable bonds is 3. The van der Waals surface area contributed by atoms with E-state index in [0.29, 0.717) is 12.6 Å². The predicted molar refractivity (Wildman–Crippen MR) is 47.7 cm³/mol. The molecule has 2 bridgehead atoms. The van der Waals surface area contributed by atoms with E-state index in [4.69, 9.17) is 14.2 Å². The summed E-state index contributed by atoms with van der Waals surface area (Å²) >= 11 is 0. The summed E-state index contributed by atoms with van der Waals surface area (Å²) in [7, 11) is 3.43. The van der Waals surface area contributed by atoms with Gasteiger partial charge in [0.2, 0.25) is 0 Å². The molecule has 2 aliphatic heterocycles. The van der Waals surface area contributed by atoms with Crippen LogP contribution in [0.15, 0.2) is 0 Å². The van der Waals surface area contributed by atoms with Gasteiger partial charge in [-0.15, -0.1) is 0 Å². The Hall–Kier alpha value is -0.160. The number of nitrogens with one attached hydrogen (secondary N) is 1. The molecule has 1 unspecified atom stereocenters. The van der Waals surface area contributed by atoms with Gasteiger partial charge in [0, 0.05) is 20.8 Å². The van der Waals surface area contributed by atoms with Gasteiger partial charge in [-0.3, -0.25) is 0 Å². The average molecular weight is 187 g/mol. The van der Waals surface area contributed by atoms with Gasteiger partial charge >= 0.3 is 0 Å². The molecule has 2 saturated heterocycles. The van der Waals surface area contributed by atoms with Crippen LogP contribution in [-0.2, 0) is 14.2 Å². The van der Waals surface area contributed by atoms with E-state index in [1.807, 2.05) is 0 Å². The Bertz CT molecular complexity index is 199. The SMILES string of the molecule is COC[C@@]12CNC([C@H](C)O1)[C@H]2OC. The zero-order valence-corrected chi connectivity index (χ0v) is 8.37. The molecular weight excluding hydrogens is 170 g/mol. The van der Waals surface area contributed by atoms with Crippen LogP contribution in [0, 0.1) is 0 Å². The van der Waals surface area contributed by atoms with Gasteiger partial charge in [0.05, 0.1) is 18.8 Å². The summed E-state index contributed by atoms with van der Waals surface area (Å²) in [6, 6.07) is 0.320. The van der Waals surface area contributed by atoms with E-state index in [2.05, 4.69) is 12.2 Å². The first-order valence-corrected chi connectivity index (χ1v) is 4.66. The Morgan fingerprint density at radius 2 is 2.31 bits per heavy atom. The van der Waals surface area contributed by atoms with Crippen LogP contribution in [0.2, 0.25) is 0 Å².